The molecule has 94 valence electrons. The Balaban J connectivity index is 2.10. The number of piperidine rings is 1. The highest BCUT2D eigenvalue weighted by Crippen LogP contribution is 2.20. The van der Waals surface area contributed by atoms with Crippen LogP contribution in [0.2, 0.25) is 0 Å². The van der Waals surface area contributed by atoms with Gasteiger partial charge in [-0.1, -0.05) is 32.4 Å². The largest absolute Gasteiger partial charge is 0.299 e. The van der Waals surface area contributed by atoms with Crippen LogP contribution in [0.3, 0.4) is 0 Å². The van der Waals surface area contributed by atoms with Gasteiger partial charge in [0.2, 0.25) is 0 Å². The maximum atomic E-state index is 13.8. The van der Waals surface area contributed by atoms with Crippen molar-refractivity contribution >= 4 is 0 Å². The minimum Gasteiger partial charge on any atom is -0.299 e. The molecule has 2 rings (SSSR count). The van der Waals surface area contributed by atoms with Gasteiger partial charge in [-0.3, -0.25) is 4.90 Å². The number of rotatable bonds is 3. The summed E-state index contributed by atoms with van der Waals surface area (Å²) in [4.78, 5) is 2.37. The first-order valence-corrected chi connectivity index (χ1v) is 6.67. The van der Waals surface area contributed by atoms with Crippen LogP contribution in [0.4, 0.5) is 4.39 Å². The fourth-order valence-electron chi connectivity index (χ4n) is 2.43. The highest BCUT2D eigenvalue weighted by molar-refractivity contribution is 5.27. The predicted octanol–water partition coefficient (Wildman–Crippen LogP) is 3.94. The molecule has 2 heteroatoms. The standard InChI is InChI=1S/C15H22FN/c1-12(2)13-6-7-15(16)14(10-13)11-17-8-4-3-5-9-17/h6-7,10,12H,3-5,8-9,11H2,1-2H3. The Bertz CT molecular complexity index is 367. The molecular formula is C15H22FN. The molecule has 1 fully saturated rings. The van der Waals surface area contributed by atoms with Gasteiger partial charge in [-0.25, -0.2) is 4.39 Å². The summed E-state index contributed by atoms with van der Waals surface area (Å²) >= 11 is 0. The Labute approximate surface area is 104 Å². The van der Waals surface area contributed by atoms with Crippen molar-refractivity contribution in [2.45, 2.75) is 45.6 Å². The van der Waals surface area contributed by atoms with E-state index in [2.05, 4.69) is 18.7 Å². The molecule has 0 bridgehead atoms. The number of halogens is 1. The van der Waals surface area contributed by atoms with Gasteiger partial charge in [0.1, 0.15) is 5.82 Å². The molecule has 1 nitrogen and oxygen atoms in total. The molecule has 0 unspecified atom stereocenters. The van der Waals surface area contributed by atoms with Crippen molar-refractivity contribution in [3.8, 4) is 0 Å². The number of hydrogen-bond acceptors (Lipinski definition) is 1. The lowest BCUT2D eigenvalue weighted by molar-refractivity contribution is 0.218. The van der Waals surface area contributed by atoms with E-state index in [1.54, 1.807) is 6.07 Å². The van der Waals surface area contributed by atoms with E-state index in [0.717, 1.165) is 25.2 Å². The lowest BCUT2D eigenvalue weighted by Crippen LogP contribution is -2.29. The maximum Gasteiger partial charge on any atom is 0.127 e. The highest BCUT2D eigenvalue weighted by atomic mass is 19.1. The summed E-state index contributed by atoms with van der Waals surface area (Å²) in [5, 5.41) is 0. The van der Waals surface area contributed by atoms with E-state index in [4.69, 9.17) is 0 Å². The van der Waals surface area contributed by atoms with Gasteiger partial charge < -0.3 is 0 Å². The Kier molecular flexibility index (Phi) is 4.16. The molecule has 1 saturated heterocycles. The zero-order valence-corrected chi connectivity index (χ0v) is 10.9. The first kappa shape index (κ1) is 12.6. The van der Waals surface area contributed by atoms with Gasteiger partial charge in [0.25, 0.3) is 0 Å². The summed E-state index contributed by atoms with van der Waals surface area (Å²) in [6, 6.07) is 5.56. The minimum absolute atomic E-state index is 0.0556. The molecule has 1 aliphatic rings. The average molecular weight is 235 g/mol. The molecule has 1 heterocycles. The van der Waals surface area contributed by atoms with Crippen molar-refractivity contribution in [2.24, 2.45) is 0 Å². The van der Waals surface area contributed by atoms with E-state index in [-0.39, 0.29) is 5.82 Å². The van der Waals surface area contributed by atoms with E-state index in [9.17, 15) is 4.39 Å². The van der Waals surface area contributed by atoms with E-state index in [0.29, 0.717) is 5.92 Å². The van der Waals surface area contributed by atoms with Crippen molar-refractivity contribution < 1.29 is 4.39 Å². The summed E-state index contributed by atoms with van der Waals surface area (Å²) in [5.74, 6) is 0.413. The molecule has 0 spiro atoms. The second-order valence-corrected chi connectivity index (χ2v) is 5.34. The van der Waals surface area contributed by atoms with Crippen LogP contribution in [0.5, 0.6) is 0 Å². The summed E-state index contributed by atoms with van der Waals surface area (Å²) in [7, 11) is 0. The van der Waals surface area contributed by atoms with Crippen molar-refractivity contribution in [3.63, 3.8) is 0 Å². The Morgan fingerprint density at radius 3 is 2.53 bits per heavy atom. The Hall–Kier alpha value is -0.890. The minimum atomic E-state index is -0.0556. The molecule has 0 amide bonds. The van der Waals surface area contributed by atoms with E-state index < -0.39 is 0 Å². The monoisotopic (exact) mass is 235 g/mol. The topological polar surface area (TPSA) is 3.24 Å². The molecule has 17 heavy (non-hydrogen) atoms. The van der Waals surface area contributed by atoms with Gasteiger partial charge in [-0.15, -0.1) is 0 Å². The van der Waals surface area contributed by atoms with Gasteiger partial charge >= 0.3 is 0 Å². The number of likely N-dealkylation sites (tertiary alicyclic amines) is 1. The van der Waals surface area contributed by atoms with Crippen LogP contribution in [0.1, 0.15) is 50.2 Å². The molecule has 1 aliphatic heterocycles. The number of benzene rings is 1. The lowest BCUT2D eigenvalue weighted by atomic mass is 10.00. The average Bonchev–Trinajstić information content (AvgIpc) is 2.33. The van der Waals surface area contributed by atoms with Gasteiger partial charge in [-0.2, -0.15) is 0 Å². The molecule has 0 atom stereocenters. The second-order valence-electron chi connectivity index (χ2n) is 5.34. The molecule has 0 saturated carbocycles. The van der Waals surface area contributed by atoms with Crippen LogP contribution in [0, 0.1) is 5.82 Å². The zero-order valence-electron chi connectivity index (χ0n) is 10.9. The normalized spacial score (nSPS) is 17.6. The third-order valence-corrected chi connectivity index (χ3v) is 3.58. The maximum absolute atomic E-state index is 13.8. The first-order chi connectivity index (χ1) is 8.16. The molecule has 1 aromatic rings. The third kappa shape index (κ3) is 3.29. The summed E-state index contributed by atoms with van der Waals surface area (Å²) < 4.78 is 13.8. The SMILES string of the molecule is CC(C)c1ccc(F)c(CN2CCCCC2)c1. The van der Waals surface area contributed by atoms with Gasteiger partial charge in [0, 0.05) is 12.1 Å². The van der Waals surface area contributed by atoms with Gasteiger partial charge in [0.15, 0.2) is 0 Å². The van der Waals surface area contributed by atoms with Gasteiger partial charge in [0.05, 0.1) is 0 Å². The zero-order chi connectivity index (χ0) is 12.3. The highest BCUT2D eigenvalue weighted by Gasteiger charge is 2.13. The Morgan fingerprint density at radius 1 is 1.18 bits per heavy atom. The van der Waals surface area contributed by atoms with Crippen LogP contribution in [0.25, 0.3) is 0 Å². The summed E-state index contributed by atoms with van der Waals surface area (Å²) in [6.07, 6.45) is 3.84. The van der Waals surface area contributed by atoms with Gasteiger partial charge in [-0.05, 0) is 43.5 Å². The molecule has 0 aromatic heterocycles. The quantitative estimate of drug-likeness (QED) is 0.767. The van der Waals surface area contributed by atoms with Crippen LogP contribution >= 0.6 is 0 Å². The smallest absolute Gasteiger partial charge is 0.127 e. The molecular weight excluding hydrogens is 213 g/mol. The predicted molar refractivity (Wildman–Crippen MR) is 69.6 cm³/mol. The molecule has 0 N–H and O–H groups in total. The Morgan fingerprint density at radius 2 is 1.88 bits per heavy atom. The van der Waals surface area contributed by atoms with Crippen molar-refractivity contribution in [1.82, 2.24) is 4.90 Å². The van der Waals surface area contributed by atoms with E-state index >= 15 is 0 Å². The summed E-state index contributed by atoms with van der Waals surface area (Å²) in [5.41, 5.74) is 2.09. The van der Waals surface area contributed by atoms with Crippen LogP contribution in [0.15, 0.2) is 18.2 Å². The van der Waals surface area contributed by atoms with Crippen LogP contribution in [-0.2, 0) is 6.54 Å². The van der Waals surface area contributed by atoms with Crippen molar-refractivity contribution in [1.29, 1.82) is 0 Å². The van der Waals surface area contributed by atoms with Crippen molar-refractivity contribution in [2.75, 3.05) is 13.1 Å². The second kappa shape index (κ2) is 5.63. The number of hydrogen-bond donors (Lipinski definition) is 0. The van der Waals surface area contributed by atoms with E-state index in [1.807, 2.05) is 12.1 Å². The molecule has 0 aliphatic carbocycles. The molecule has 0 radical (unpaired) electrons. The fourth-order valence-corrected chi connectivity index (χ4v) is 2.43. The summed E-state index contributed by atoms with van der Waals surface area (Å²) in [6.45, 7) is 7.30. The first-order valence-electron chi connectivity index (χ1n) is 6.67. The fraction of sp³-hybridized carbons (Fsp3) is 0.600. The van der Waals surface area contributed by atoms with Crippen LogP contribution in [-0.4, -0.2) is 18.0 Å². The van der Waals surface area contributed by atoms with Crippen molar-refractivity contribution in [3.05, 3.63) is 35.1 Å². The van der Waals surface area contributed by atoms with E-state index in [1.165, 1.54) is 24.8 Å². The lowest BCUT2D eigenvalue weighted by Gasteiger charge is -2.26. The molecule has 1 aromatic carbocycles. The van der Waals surface area contributed by atoms with Crippen LogP contribution < -0.4 is 0 Å². The number of nitrogens with zero attached hydrogens (tertiary/aromatic N) is 1. The third-order valence-electron chi connectivity index (χ3n) is 3.58.